The maximum atomic E-state index is 8.99. The number of anilines is 1. The second-order valence-electron chi connectivity index (χ2n) is 6.68. The van der Waals surface area contributed by atoms with Crippen LogP contribution in [0.1, 0.15) is 51.1 Å². The Labute approximate surface area is 154 Å². The van der Waals surface area contributed by atoms with Crippen LogP contribution in [-0.2, 0) is 18.2 Å². The Morgan fingerprint density at radius 3 is 2.62 bits per heavy atom. The molecule has 0 unspecified atom stereocenters. The van der Waals surface area contributed by atoms with Gasteiger partial charge in [-0.05, 0) is 66.8 Å². The van der Waals surface area contributed by atoms with Crippen molar-refractivity contribution in [2.24, 2.45) is 13.0 Å². The molecular formula is C18H32BrN3O2. The average molecular weight is 402 g/mol. The molecule has 1 aliphatic rings. The summed E-state index contributed by atoms with van der Waals surface area (Å²) >= 11 is 3.77. The standard InChI is InChI=1S/C18H32BrN3O2/c1-3-16-17(19)18(20-21(16)2)22(10-5-4-6-12-23)11-7-15-8-13-24-14-9-15/h15,23H,3-14H2,1-2H3. The zero-order valence-electron chi connectivity index (χ0n) is 15.1. The molecule has 2 heterocycles. The lowest BCUT2D eigenvalue weighted by Crippen LogP contribution is -2.29. The predicted octanol–water partition coefficient (Wildman–Crippen LogP) is 3.53. The van der Waals surface area contributed by atoms with Crippen LogP contribution in [0.15, 0.2) is 4.47 Å². The summed E-state index contributed by atoms with van der Waals surface area (Å²) in [5.41, 5.74) is 1.25. The molecule has 0 aliphatic carbocycles. The van der Waals surface area contributed by atoms with Gasteiger partial charge in [0.15, 0.2) is 5.82 Å². The Morgan fingerprint density at radius 1 is 1.25 bits per heavy atom. The summed E-state index contributed by atoms with van der Waals surface area (Å²) in [6.45, 7) is 6.32. The zero-order chi connectivity index (χ0) is 17.4. The molecule has 6 heteroatoms. The van der Waals surface area contributed by atoms with Crippen molar-refractivity contribution in [2.45, 2.75) is 51.9 Å². The van der Waals surface area contributed by atoms with Gasteiger partial charge in [-0.25, -0.2) is 0 Å². The first-order valence-corrected chi connectivity index (χ1v) is 10.1. The number of hydrogen-bond acceptors (Lipinski definition) is 4. The van der Waals surface area contributed by atoms with E-state index in [4.69, 9.17) is 14.9 Å². The number of aryl methyl sites for hydroxylation is 1. The first-order chi connectivity index (χ1) is 11.7. The van der Waals surface area contributed by atoms with Crippen LogP contribution < -0.4 is 4.90 Å². The van der Waals surface area contributed by atoms with Gasteiger partial charge in [0, 0.05) is 40.0 Å². The molecule has 0 saturated carbocycles. The molecule has 0 bridgehead atoms. The van der Waals surface area contributed by atoms with Crippen molar-refractivity contribution in [2.75, 3.05) is 37.8 Å². The van der Waals surface area contributed by atoms with Crippen LogP contribution in [-0.4, -0.2) is 47.8 Å². The van der Waals surface area contributed by atoms with Crippen molar-refractivity contribution in [1.82, 2.24) is 9.78 Å². The fourth-order valence-electron chi connectivity index (χ4n) is 3.39. The van der Waals surface area contributed by atoms with E-state index in [2.05, 4.69) is 27.8 Å². The van der Waals surface area contributed by atoms with Crippen molar-refractivity contribution in [1.29, 1.82) is 0 Å². The van der Waals surface area contributed by atoms with E-state index in [1.807, 2.05) is 11.7 Å². The van der Waals surface area contributed by atoms with E-state index in [0.29, 0.717) is 0 Å². The van der Waals surface area contributed by atoms with Crippen LogP contribution >= 0.6 is 15.9 Å². The molecule has 1 N–H and O–H groups in total. The summed E-state index contributed by atoms with van der Waals surface area (Å²) in [5.74, 6) is 1.84. The van der Waals surface area contributed by atoms with Crippen molar-refractivity contribution >= 4 is 21.7 Å². The molecule has 1 aromatic heterocycles. The molecule has 2 rings (SSSR count). The van der Waals surface area contributed by atoms with Crippen LogP contribution in [0.3, 0.4) is 0 Å². The lowest BCUT2D eigenvalue weighted by molar-refractivity contribution is 0.0644. The molecule has 1 aromatic rings. The van der Waals surface area contributed by atoms with Gasteiger partial charge in [-0.15, -0.1) is 0 Å². The van der Waals surface area contributed by atoms with Crippen LogP contribution in [0.5, 0.6) is 0 Å². The van der Waals surface area contributed by atoms with Crippen LogP contribution in [0.25, 0.3) is 0 Å². The van der Waals surface area contributed by atoms with Crippen molar-refractivity contribution in [3.8, 4) is 0 Å². The SMILES string of the molecule is CCc1c(Br)c(N(CCCCCO)CCC2CCOCC2)nn1C. The number of aromatic nitrogens is 2. The van der Waals surface area contributed by atoms with E-state index in [0.717, 1.165) is 68.2 Å². The number of ether oxygens (including phenoxy) is 1. The Kier molecular flexibility index (Phi) is 8.56. The third-order valence-corrected chi connectivity index (χ3v) is 5.77. The summed E-state index contributed by atoms with van der Waals surface area (Å²) in [7, 11) is 2.02. The molecule has 0 radical (unpaired) electrons. The fourth-order valence-corrected chi connectivity index (χ4v) is 4.26. The van der Waals surface area contributed by atoms with Crippen molar-refractivity contribution in [3.63, 3.8) is 0 Å². The second kappa shape index (κ2) is 10.4. The third kappa shape index (κ3) is 5.46. The van der Waals surface area contributed by atoms with Crippen LogP contribution in [0, 0.1) is 5.92 Å². The van der Waals surface area contributed by atoms with Gasteiger partial charge in [0.1, 0.15) is 0 Å². The van der Waals surface area contributed by atoms with E-state index >= 15 is 0 Å². The Balaban J connectivity index is 2.01. The molecule has 0 aromatic carbocycles. The van der Waals surface area contributed by atoms with Gasteiger partial charge in [0.25, 0.3) is 0 Å². The van der Waals surface area contributed by atoms with Gasteiger partial charge < -0.3 is 14.7 Å². The summed E-state index contributed by atoms with van der Waals surface area (Å²) in [4.78, 5) is 2.43. The molecule has 1 fully saturated rings. The van der Waals surface area contributed by atoms with E-state index in [1.165, 1.54) is 25.0 Å². The topological polar surface area (TPSA) is 50.5 Å². The minimum Gasteiger partial charge on any atom is -0.396 e. The Morgan fingerprint density at radius 2 is 2.00 bits per heavy atom. The molecule has 0 atom stereocenters. The largest absolute Gasteiger partial charge is 0.396 e. The second-order valence-corrected chi connectivity index (χ2v) is 7.47. The van der Waals surface area contributed by atoms with Gasteiger partial charge >= 0.3 is 0 Å². The van der Waals surface area contributed by atoms with Gasteiger partial charge in [0.05, 0.1) is 10.2 Å². The molecule has 1 saturated heterocycles. The third-order valence-electron chi connectivity index (χ3n) is 4.95. The molecule has 24 heavy (non-hydrogen) atoms. The van der Waals surface area contributed by atoms with Gasteiger partial charge in [-0.3, -0.25) is 4.68 Å². The van der Waals surface area contributed by atoms with E-state index in [1.54, 1.807) is 0 Å². The maximum Gasteiger partial charge on any atom is 0.165 e. The number of aliphatic hydroxyl groups excluding tert-OH is 1. The minimum atomic E-state index is 0.287. The van der Waals surface area contributed by atoms with Crippen molar-refractivity contribution < 1.29 is 9.84 Å². The van der Waals surface area contributed by atoms with Crippen LogP contribution in [0.4, 0.5) is 5.82 Å². The summed E-state index contributed by atoms with van der Waals surface area (Å²) in [6.07, 6.45) is 7.59. The first kappa shape index (κ1) is 19.7. The van der Waals surface area contributed by atoms with Gasteiger partial charge in [-0.1, -0.05) is 6.92 Å². The van der Waals surface area contributed by atoms with E-state index in [-0.39, 0.29) is 6.61 Å². The number of unbranched alkanes of at least 4 members (excludes halogenated alkanes) is 2. The number of rotatable bonds is 10. The Hall–Kier alpha value is -0.590. The monoisotopic (exact) mass is 401 g/mol. The number of aliphatic hydroxyl groups is 1. The molecule has 0 spiro atoms. The fraction of sp³-hybridized carbons (Fsp3) is 0.833. The number of halogens is 1. The number of nitrogens with zero attached hydrogens (tertiary/aromatic N) is 3. The molecule has 5 nitrogen and oxygen atoms in total. The smallest absolute Gasteiger partial charge is 0.165 e. The van der Waals surface area contributed by atoms with Gasteiger partial charge in [-0.2, -0.15) is 5.10 Å². The molecule has 1 aliphatic heterocycles. The molecule has 0 amide bonds. The Bertz CT molecular complexity index is 487. The highest BCUT2D eigenvalue weighted by Crippen LogP contribution is 2.30. The maximum absolute atomic E-state index is 8.99. The number of hydrogen-bond donors (Lipinski definition) is 1. The molecular weight excluding hydrogens is 370 g/mol. The molecule has 138 valence electrons. The first-order valence-electron chi connectivity index (χ1n) is 9.32. The highest BCUT2D eigenvalue weighted by atomic mass is 79.9. The zero-order valence-corrected chi connectivity index (χ0v) is 16.7. The highest BCUT2D eigenvalue weighted by molar-refractivity contribution is 9.10. The average Bonchev–Trinajstić information content (AvgIpc) is 2.89. The normalized spacial score (nSPS) is 15.8. The lowest BCUT2D eigenvalue weighted by atomic mass is 9.96. The minimum absolute atomic E-state index is 0.287. The summed E-state index contributed by atoms with van der Waals surface area (Å²) < 4.78 is 8.61. The lowest BCUT2D eigenvalue weighted by Gasteiger charge is -2.27. The predicted molar refractivity (Wildman–Crippen MR) is 102 cm³/mol. The van der Waals surface area contributed by atoms with Crippen molar-refractivity contribution in [3.05, 3.63) is 10.2 Å². The summed E-state index contributed by atoms with van der Waals surface area (Å²) in [5, 5.41) is 13.8. The quantitative estimate of drug-likeness (QED) is 0.609. The van der Waals surface area contributed by atoms with E-state index < -0.39 is 0 Å². The summed E-state index contributed by atoms with van der Waals surface area (Å²) in [6, 6.07) is 0. The van der Waals surface area contributed by atoms with Gasteiger partial charge in [0.2, 0.25) is 0 Å². The van der Waals surface area contributed by atoms with E-state index in [9.17, 15) is 0 Å². The highest BCUT2D eigenvalue weighted by Gasteiger charge is 2.20. The van der Waals surface area contributed by atoms with Crippen LogP contribution in [0.2, 0.25) is 0 Å².